The number of hydrogen-bond acceptors (Lipinski definition) is 2. The van der Waals surface area contributed by atoms with E-state index in [1.165, 1.54) is 24.7 Å². The molecular formula is C14H19F2NS. The summed E-state index contributed by atoms with van der Waals surface area (Å²) in [5.41, 5.74) is 1.04. The van der Waals surface area contributed by atoms with Gasteiger partial charge < -0.3 is 5.32 Å². The zero-order valence-corrected chi connectivity index (χ0v) is 11.4. The van der Waals surface area contributed by atoms with Gasteiger partial charge in [-0.05, 0) is 37.1 Å². The molecular weight excluding hydrogens is 252 g/mol. The number of hydrogen-bond donors (Lipinski definition) is 1. The lowest BCUT2D eigenvalue weighted by atomic mass is 10.1. The molecule has 1 N–H and O–H groups in total. The third-order valence-corrected chi connectivity index (χ3v) is 4.87. The summed E-state index contributed by atoms with van der Waals surface area (Å²) < 4.78 is 25.4. The van der Waals surface area contributed by atoms with Crippen LogP contribution in [0, 0.1) is 0 Å². The van der Waals surface area contributed by atoms with Gasteiger partial charge >= 0.3 is 0 Å². The summed E-state index contributed by atoms with van der Waals surface area (Å²) in [6.45, 7) is 3.88. The number of halogens is 2. The van der Waals surface area contributed by atoms with Crippen molar-refractivity contribution in [3.63, 3.8) is 0 Å². The molecule has 0 bridgehead atoms. The summed E-state index contributed by atoms with van der Waals surface area (Å²) in [6.07, 6.45) is 0.138. The molecule has 1 aromatic carbocycles. The van der Waals surface area contributed by atoms with Gasteiger partial charge in [-0.25, -0.2) is 8.78 Å². The molecule has 1 atom stereocenters. The van der Waals surface area contributed by atoms with E-state index in [0.717, 1.165) is 12.1 Å². The van der Waals surface area contributed by atoms with E-state index in [1.807, 2.05) is 17.8 Å². The van der Waals surface area contributed by atoms with Gasteiger partial charge in [0, 0.05) is 23.4 Å². The minimum absolute atomic E-state index is 0.107. The minimum Gasteiger partial charge on any atom is -0.311 e. The van der Waals surface area contributed by atoms with Crippen molar-refractivity contribution in [2.75, 3.05) is 12.3 Å². The largest absolute Gasteiger partial charge is 0.311 e. The molecule has 0 aliphatic carbocycles. The van der Waals surface area contributed by atoms with Crippen molar-refractivity contribution < 1.29 is 8.78 Å². The van der Waals surface area contributed by atoms with Crippen molar-refractivity contribution in [1.82, 2.24) is 5.32 Å². The topological polar surface area (TPSA) is 12.0 Å². The van der Waals surface area contributed by atoms with Crippen molar-refractivity contribution in [3.8, 4) is 0 Å². The van der Waals surface area contributed by atoms with Crippen LogP contribution in [0.25, 0.3) is 0 Å². The lowest BCUT2D eigenvalue weighted by Crippen LogP contribution is -2.32. The van der Waals surface area contributed by atoms with E-state index < -0.39 is 6.43 Å². The van der Waals surface area contributed by atoms with Gasteiger partial charge in [0.05, 0.1) is 0 Å². The van der Waals surface area contributed by atoms with E-state index in [4.69, 9.17) is 0 Å². The first-order valence-electron chi connectivity index (χ1n) is 6.31. The molecule has 2 rings (SSSR count). The third-order valence-electron chi connectivity index (χ3n) is 3.33. The van der Waals surface area contributed by atoms with Crippen LogP contribution in [0.5, 0.6) is 0 Å². The molecule has 0 aromatic heterocycles. The fourth-order valence-electron chi connectivity index (χ4n) is 2.29. The number of alkyl halides is 2. The van der Waals surface area contributed by atoms with Gasteiger partial charge in [-0.3, -0.25) is 0 Å². The molecule has 1 unspecified atom stereocenters. The van der Waals surface area contributed by atoms with Crippen LogP contribution in [0.3, 0.4) is 0 Å². The first-order valence-corrected chi connectivity index (χ1v) is 7.29. The number of nitrogens with one attached hydrogen (secondary N) is 1. The summed E-state index contributed by atoms with van der Waals surface area (Å²) in [5, 5.41) is 3.38. The van der Waals surface area contributed by atoms with Crippen molar-refractivity contribution >= 4 is 11.8 Å². The van der Waals surface area contributed by atoms with E-state index in [0.29, 0.717) is 11.3 Å². The lowest BCUT2D eigenvalue weighted by Gasteiger charge is -2.23. The van der Waals surface area contributed by atoms with Crippen molar-refractivity contribution in [2.45, 2.75) is 37.5 Å². The second kappa shape index (κ2) is 6.02. The summed E-state index contributed by atoms with van der Waals surface area (Å²) in [6, 6.07) is 6.65. The van der Waals surface area contributed by atoms with Crippen LogP contribution < -0.4 is 5.32 Å². The molecule has 0 amide bonds. The van der Waals surface area contributed by atoms with Gasteiger partial charge in [0.25, 0.3) is 6.43 Å². The van der Waals surface area contributed by atoms with Crippen LogP contribution in [0.15, 0.2) is 24.3 Å². The fraction of sp³-hybridized carbons (Fsp3) is 0.571. The van der Waals surface area contributed by atoms with Crippen LogP contribution in [0.2, 0.25) is 0 Å². The molecule has 1 aromatic rings. The van der Waals surface area contributed by atoms with E-state index in [1.54, 1.807) is 12.1 Å². The molecule has 0 saturated carbocycles. The molecule has 1 fully saturated rings. The summed E-state index contributed by atoms with van der Waals surface area (Å²) in [7, 11) is 0. The monoisotopic (exact) mass is 271 g/mol. The normalized spacial score (nSPS) is 23.8. The van der Waals surface area contributed by atoms with Crippen LogP contribution >= 0.6 is 11.8 Å². The predicted molar refractivity (Wildman–Crippen MR) is 73.2 cm³/mol. The summed E-state index contributed by atoms with van der Waals surface area (Å²) >= 11 is 2.01. The molecule has 100 valence electrons. The van der Waals surface area contributed by atoms with E-state index >= 15 is 0 Å². The van der Waals surface area contributed by atoms with Crippen molar-refractivity contribution in [2.24, 2.45) is 0 Å². The van der Waals surface area contributed by atoms with Crippen molar-refractivity contribution in [1.29, 1.82) is 0 Å². The SMILES string of the molecule is CC1(CNCc2cccc(C(F)F)c2)CCCS1. The Morgan fingerprint density at radius 1 is 1.44 bits per heavy atom. The second-order valence-electron chi connectivity index (χ2n) is 5.05. The molecule has 1 aliphatic heterocycles. The zero-order valence-electron chi connectivity index (χ0n) is 10.6. The predicted octanol–water partition coefficient (Wildman–Crippen LogP) is 4.00. The van der Waals surface area contributed by atoms with Gasteiger partial charge in [-0.2, -0.15) is 11.8 Å². The molecule has 1 saturated heterocycles. The van der Waals surface area contributed by atoms with Crippen LogP contribution in [0.4, 0.5) is 8.78 Å². The first kappa shape index (κ1) is 13.8. The zero-order chi connectivity index (χ0) is 13.0. The van der Waals surface area contributed by atoms with Crippen molar-refractivity contribution in [3.05, 3.63) is 35.4 Å². The number of thioether (sulfide) groups is 1. The van der Waals surface area contributed by atoms with Crippen LogP contribution in [-0.2, 0) is 6.54 Å². The third kappa shape index (κ3) is 3.69. The minimum atomic E-state index is -2.38. The number of rotatable bonds is 5. The highest BCUT2D eigenvalue weighted by Gasteiger charge is 2.28. The smallest absolute Gasteiger partial charge is 0.263 e. The second-order valence-corrected chi connectivity index (χ2v) is 6.73. The lowest BCUT2D eigenvalue weighted by molar-refractivity contribution is 0.151. The fourth-order valence-corrected chi connectivity index (χ4v) is 3.56. The number of benzene rings is 1. The Balaban J connectivity index is 1.84. The van der Waals surface area contributed by atoms with E-state index in [-0.39, 0.29) is 5.56 Å². The average molecular weight is 271 g/mol. The molecule has 0 radical (unpaired) electrons. The summed E-state index contributed by atoms with van der Waals surface area (Å²) in [4.78, 5) is 0. The molecule has 1 nitrogen and oxygen atoms in total. The van der Waals surface area contributed by atoms with Gasteiger partial charge in [-0.1, -0.05) is 18.2 Å². The molecule has 4 heteroatoms. The Hall–Kier alpha value is -0.610. The van der Waals surface area contributed by atoms with Gasteiger partial charge in [0.1, 0.15) is 0 Å². The quantitative estimate of drug-likeness (QED) is 0.868. The maximum absolute atomic E-state index is 12.6. The highest BCUT2D eigenvalue weighted by Crippen LogP contribution is 2.37. The van der Waals surface area contributed by atoms with E-state index in [2.05, 4.69) is 12.2 Å². The Morgan fingerprint density at radius 3 is 2.94 bits per heavy atom. The van der Waals surface area contributed by atoms with Crippen LogP contribution in [-0.4, -0.2) is 17.0 Å². The first-order chi connectivity index (χ1) is 8.59. The highest BCUT2D eigenvalue weighted by molar-refractivity contribution is 8.00. The highest BCUT2D eigenvalue weighted by atomic mass is 32.2. The average Bonchev–Trinajstić information content (AvgIpc) is 2.77. The molecule has 0 spiro atoms. The molecule has 18 heavy (non-hydrogen) atoms. The van der Waals surface area contributed by atoms with Crippen LogP contribution in [0.1, 0.15) is 37.3 Å². The Kier molecular flexibility index (Phi) is 4.62. The van der Waals surface area contributed by atoms with Gasteiger partial charge in [0.2, 0.25) is 0 Å². The summed E-state index contributed by atoms with van der Waals surface area (Å²) in [5.74, 6) is 1.24. The Bertz CT molecular complexity index is 389. The Morgan fingerprint density at radius 2 is 2.28 bits per heavy atom. The maximum atomic E-state index is 12.6. The van der Waals surface area contributed by atoms with Gasteiger partial charge in [-0.15, -0.1) is 0 Å². The van der Waals surface area contributed by atoms with E-state index in [9.17, 15) is 8.78 Å². The Labute approximate surface area is 111 Å². The molecule has 1 aliphatic rings. The van der Waals surface area contributed by atoms with Gasteiger partial charge in [0.15, 0.2) is 0 Å². The maximum Gasteiger partial charge on any atom is 0.263 e. The molecule has 1 heterocycles. The standard InChI is InChI=1S/C14H19F2NS/c1-14(6-3-7-18-14)10-17-9-11-4-2-5-12(8-11)13(15)16/h2,4-5,8,13,17H,3,6-7,9-10H2,1H3.